The van der Waals surface area contributed by atoms with Crippen LogP contribution in [0.1, 0.15) is 56.8 Å². The molecule has 0 saturated carbocycles. The molecule has 0 unspecified atom stereocenters. The maximum atomic E-state index is 6.13. The van der Waals surface area contributed by atoms with Gasteiger partial charge in [-0.15, -0.1) is 0 Å². The van der Waals surface area contributed by atoms with Crippen LogP contribution in [0.5, 0.6) is 0 Å². The maximum absolute atomic E-state index is 6.13. The second-order valence-electron chi connectivity index (χ2n) is 8.82. The Labute approximate surface area is 180 Å². The van der Waals surface area contributed by atoms with Crippen molar-refractivity contribution in [2.45, 2.75) is 59.5 Å². The van der Waals surface area contributed by atoms with E-state index in [-0.39, 0.29) is 0 Å². The molecule has 0 spiro atoms. The molecular formula is C27H33N2O+. The minimum absolute atomic E-state index is 0.350. The van der Waals surface area contributed by atoms with Crippen molar-refractivity contribution in [1.82, 2.24) is 0 Å². The highest BCUT2D eigenvalue weighted by atomic mass is 16.5. The highest BCUT2D eigenvalue weighted by Gasteiger charge is 2.29. The molecule has 30 heavy (non-hydrogen) atoms. The average molecular weight is 402 g/mol. The minimum atomic E-state index is 0.350. The lowest BCUT2D eigenvalue weighted by Crippen LogP contribution is -2.37. The zero-order valence-corrected chi connectivity index (χ0v) is 19.1. The SMILES string of the molecule is CO/C(=C1/CCc2cc(C)ccc2N1C(C)C)c1cc[n+](C(C)C)c2ccccc12. The second kappa shape index (κ2) is 8.14. The van der Waals surface area contributed by atoms with Gasteiger partial charge in [0.1, 0.15) is 5.76 Å². The first-order valence-electron chi connectivity index (χ1n) is 11.0. The maximum Gasteiger partial charge on any atom is 0.213 e. The number of rotatable bonds is 4. The van der Waals surface area contributed by atoms with Crippen molar-refractivity contribution in [3.05, 3.63) is 77.1 Å². The summed E-state index contributed by atoms with van der Waals surface area (Å²) in [6.45, 7) is 11.1. The van der Waals surface area contributed by atoms with Gasteiger partial charge in [-0.05, 0) is 65.2 Å². The summed E-state index contributed by atoms with van der Waals surface area (Å²) >= 11 is 0. The molecule has 1 aliphatic rings. The van der Waals surface area contributed by atoms with Gasteiger partial charge in [0, 0.05) is 29.4 Å². The van der Waals surface area contributed by atoms with Gasteiger partial charge in [-0.25, -0.2) is 0 Å². The van der Waals surface area contributed by atoms with E-state index in [1.165, 1.54) is 39.0 Å². The Morgan fingerprint density at radius 1 is 1.00 bits per heavy atom. The third-order valence-corrected chi connectivity index (χ3v) is 6.07. The number of para-hydroxylation sites is 1. The highest BCUT2D eigenvalue weighted by Crippen LogP contribution is 2.39. The molecular weight excluding hydrogens is 368 g/mol. The molecule has 0 atom stereocenters. The number of nitrogens with zero attached hydrogens (tertiary/aromatic N) is 2. The van der Waals surface area contributed by atoms with Crippen LogP contribution in [-0.4, -0.2) is 13.2 Å². The van der Waals surface area contributed by atoms with E-state index < -0.39 is 0 Å². The van der Waals surface area contributed by atoms with Crippen molar-refractivity contribution in [1.29, 1.82) is 0 Å². The van der Waals surface area contributed by atoms with Crippen molar-refractivity contribution in [3.63, 3.8) is 0 Å². The minimum Gasteiger partial charge on any atom is -0.494 e. The third-order valence-electron chi connectivity index (χ3n) is 6.07. The normalized spacial score (nSPS) is 15.7. The summed E-state index contributed by atoms with van der Waals surface area (Å²) in [5, 5.41) is 1.23. The van der Waals surface area contributed by atoms with Crippen molar-refractivity contribution >= 4 is 22.3 Å². The van der Waals surface area contributed by atoms with E-state index in [0.29, 0.717) is 12.1 Å². The Bertz CT molecular complexity index is 1110. The van der Waals surface area contributed by atoms with Crippen molar-refractivity contribution in [2.75, 3.05) is 12.0 Å². The zero-order chi connectivity index (χ0) is 21.4. The van der Waals surface area contributed by atoms with Gasteiger partial charge in [0.05, 0.1) is 18.2 Å². The fourth-order valence-corrected chi connectivity index (χ4v) is 4.76. The zero-order valence-electron chi connectivity index (χ0n) is 19.1. The van der Waals surface area contributed by atoms with E-state index >= 15 is 0 Å². The fourth-order valence-electron chi connectivity index (χ4n) is 4.76. The van der Waals surface area contributed by atoms with Crippen LogP contribution >= 0.6 is 0 Å². The van der Waals surface area contributed by atoms with Gasteiger partial charge in [-0.1, -0.05) is 29.8 Å². The molecule has 0 N–H and O–H groups in total. The van der Waals surface area contributed by atoms with Crippen LogP contribution in [0.3, 0.4) is 0 Å². The Balaban J connectivity index is 1.95. The summed E-state index contributed by atoms with van der Waals surface area (Å²) in [6.07, 6.45) is 4.21. The predicted molar refractivity (Wildman–Crippen MR) is 126 cm³/mol. The first-order valence-corrected chi connectivity index (χ1v) is 11.0. The van der Waals surface area contributed by atoms with Gasteiger partial charge < -0.3 is 9.64 Å². The lowest BCUT2D eigenvalue weighted by molar-refractivity contribution is -0.691. The standard InChI is InChI=1S/C27H33N2O/c1-18(2)28-16-15-23(22-9-7-8-10-25(22)28)27(30-6)26-14-12-21-17-20(5)11-13-24(21)29(26)19(3)4/h7-11,13,15-19H,12,14H2,1-6H3/q+1. The predicted octanol–water partition coefficient (Wildman–Crippen LogP) is 6.19. The topological polar surface area (TPSA) is 16.4 Å². The number of hydrogen-bond donors (Lipinski definition) is 0. The molecule has 0 aliphatic carbocycles. The quantitative estimate of drug-likeness (QED) is 0.383. The monoisotopic (exact) mass is 401 g/mol. The average Bonchev–Trinajstić information content (AvgIpc) is 2.73. The molecule has 3 nitrogen and oxygen atoms in total. The lowest BCUT2D eigenvalue weighted by atomic mass is 9.93. The fraction of sp³-hybridized carbons (Fsp3) is 0.370. The molecule has 3 aromatic rings. The molecule has 156 valence electrons. The molecule has 2 aromatic carbocycles. The van der Waals surface area contributed by atoms with E-state index in [0.717, 1.165) is 18.6 Å². The number of anilines is 1. The van der Waals surface area contributed by atoms with Crippen molar-refractivity contribution in [3.8, 4) is 0 Å². The summed E-state index contributed by atoms with van der Waals surface area (Å²) in [4.78, 5) is 2.47. The number of methoxy groups -OCH3 is 1. The number of aryl methyl sites for hydroxylation is 2. The molecule has 0 amide bonds. The molecule has 3 heteroatoms. The van der Waals surface area contributed by atoms with Crippen molar-refractivity contribution in [2.24, 2.45) is 0 Å². The summed E-state index contributed by atoms with van der Waals surface area (Å²) in [7, 11) is 1.81. The van der Waals surface area contributed by atoms with Crippen LogP contribution in [0.15, 0.2) is 60.4 Å². The summed E-state index contributed by atoms with van der Waals surface area (Å²) in [5.41, 5.74) is 7.74. The Morgan fingerprint density at radius 3 is 2.47 bits per heavy atom. The summed E-state index contributed by atoms with van der Waals surface area (Å²) < 4.78 is 8.46. The van der Waals surface area contributed by atoms with E-state index in [2.05, 4.69) is 98.8 Å². The van der Waals surface area contributed by atoms with Gasteiger partial charge in [-0.2, -0.15) is 4.57 Å². The Hall–Kier alpha value is -2.81. The lowest BCUT2D eigenvalue weighted by Gasteiger charge is -2.38. The number of aromatic nitrogens is 1. The largest absolute Gasteiger partial charge is 0.494 e. The number of fused-ring (bicyclic) bond motifs is 2. The van der Waals surface area contributed by atoms with Crippen LogP contribution in [0, 0.1) is 6.92 Å². The Morgan fingerprint density at radius 2 is 1.77 bits per heavy atom. The number of pyridine rings is 1. The highest BCUT2D eigenvalue weighted by molar-refractivity contribution is 5.90. The molecule has 0 radical (unpaired) electrons. The van der Waals surface area contributed by atoms with Crippen LogP contribution in [0.4, 0.5) is 5.69 Å². The molecule has 2 heterocycles. The Kier molecular flexibility index (Phi) is 5.55. The third kappa shape index (κ3) is 3.47. The van der Waals surface area contributed by atoms with Crippen LogP contribution in [-0.2, 0) is 11.2 Å². The molecule has 4 rings (SSSR count). The van der Waals surface area contributed by atoms with Crippen molar-refractivity contribution < 1.29 is 9.30 Å². The number of ether oxygens (including phenoxy) is 1. The van der Waals surface area contributed by atoms with E-state index in [1.807, 2.05) is 7.11 Å². The van der Waals surface area contributed by atoms with Gasteiger partial charge in [0.15, 0.2) is 12.2 Å². The molecule has 1 aromatic heterocycles. The molecule has 0 saturated heterocycles. The van der Waals surface area contributed by atoms with Gasteiger partial charge in [0.25, 0.3) is 0 Å². The number of benzene rings is 2. The smallest absolute Gasteiger partial charge is 0.213 e. The second-order valence-corrected chi connectivity index (χ2v) is 8.82. The number of allylic oxidation sites excluding steroid dienone is 1. The number of hydrogen-bond acceptors (Lipinski definition) is 2. The first kappa shape index (κ1) is 20.5. The van der Waals surface area contributed by atoms with Gasteiger partial charge in [-0.3, -0.25) is 0 Å². The summed E-state index contributed by atoms with van der Waals surface area (Å²) in [5.74, 6) is 0.988. The van der Waals surface area contributed by atoms with Crippen LogP contribution in [0.25, 0.3) is 16.7 Å². The van der Waals surface area contributed by atoms with Gasteiger partial charge >= 0.3 is 0 Å². The van der Waals surface area contributed by atoms with Crippen LogP contribution in [0.2, 0.25) is 0 Å². The van der Waals surface area contributed by atoms with Crippen LogP contribution < -0.4 is 9.47 Å². The van der Waals surface area contributed by atoms with E-state index in [1.54, 1.807) is 0 Å². The molecule has 0 fully saturated rings. The van der Waals surface area contributed by atoms with E-state index in [4.69, 9.17) is 4.74 Å². The van der Waals surface area contributed by atoms with E-state index in [9.17, 15) is 0 Å². The first-order chi connectivity index (χ1) is 14.4. The summed E-state index contributed by atoms with van der Waals surface area (Å²) in [6, 6.07) is 18.4. The molecule has 0 bridgehead atoms. The van der Waals surface area contributed by atoms with Gasteiger partial charge in [0.2, 0.25) is 5.52 Å². The molecule has 1 aliphatic heterocycles.